The molecule has 0 heterocycles. The van der Waals surface area contributed by atoms with E-state index in [1.807, 2.05) is 6.92 Å². The lowest BCUT2D eigenvalue weighted by molar-refractivity contribution is 0.292. The molecule has 2 N–H and O–H groups in total. The SMILES string of the molecule is CCN(CC)CCCC(C)NS(=O)(=O)CCO. The fourth-order valence-corrected chi connectivity index (χ4v) is 2.79. The van der Waals surface area contributed by atoms with Crippen molar-refractivity contribution in [1.82, 2.24) is 9.62 Å². The Morgan fingerprint density at radius 1 is 1.29 bits per heavy atom. The largest absolute Gasteiger partial charge is 0.395 e. The molecule has 0 aromatic heterocycles. The number of aliphatic hydroxyl groups excluding tert-OH is 1. The van der Waals surface area contributed by atoms with E-state index < -0.39 is 10.0 Å². The van der Waals surface area contributed by atoms with Gasteiger partial charge in [0.25, 0.3) is 0 Å². The molecule has 0 amide bonds. The molecule has 6 heteroatoms. The number of sulfonamides is 1. The van der Waals surface area contributed by atoms with Crippen LogP contribution in [0.1, 0.15) is 33.6 Å². The lowest BCUT2D eigenvalue weighted by Crippen LogP contribution is -2.36. The van der Waals surface area contributed by atoms with E-state index in [2.05, 4.69) is 23.5 Å². The Hall–Kier alpha value is -0.170. The first-order valence-electron chi connectivity index (χ1n) is 6.28. The molecule has 0 bridgehead atoms. The van der Waals surface area contributed by atoms with Gasteiger partial charge in [0.05, 0.1) is 12.4 Å². The Balaban J connectivity index is 3.83. The quantitative estimate of drug-likeness (QED) is 0.601. The maximum Gasteiger partial charge on any atom is 0.214 e. The fourth-order valence-electron chi connectivity index (χ4n) is 1.71. The lowest BCUT2D eigenvalue weighted by atomic mass is 10.2. The van der Waals surface area contributed by atoms with Crippen LogP contribution in [0.4, 0.5) is 0 Å². The number of rotatable bonds is 10. The molecule has 5 nitrogen and oxygen atoms in total. The van der Waals surface area contributed by atoms with E-state index in [9.17, 15) is 8.42 Å². The van der Waals surface area contributed by atoms with E-state index in [4.69, 9.17) is 5.11 Å². The zero-order chi connectivity index (χ0) is 13.3. The zero-order valence-electron chi connectivity index (χ0n) is 11.1. The number of hydrogen-bond acceptors (Lipinski definition) is 4. The van der Waals surface area contributed by atoms with Crippen LogP contribution >= 0.6 is 0 Å². The van der Waals surface area contributed by atoms with Crippen LogP contribution in [0.2, 0.25) is 0 Å². The minimum Gasteiger partial charge on any atom is -0.395 e. The fraction of sp³-hybridized carbons (Fsp3) is 1.00. The van der Waals surface area contributed by atoms with Crippen LogP contribution in [0.25, 0.3) is 0 Å². The van der Waals surface area contributed by atoms with Crippen molar-refractivity contribution >= 4 is 10.0 Å². The third-order valence-electron chi connectivity index (χ3n) is 2.75. The molecule has 0 radical (unpaired) electrons. The molecule has 0 aromatic carbocycles. The van der Waals surface area contributed by atoms with E-state index in [0.29, 0.717) is 0 Å². The summed E-state index contributed by atoms with van der Waals surface area (Å²) >= 11 is 0. The maximum absolute atomic E-state index is 11.4. The van der Waals surface area contributed by atoms with E-state index in [1.165, 1.54) is 0 Å². The van der Waals surface area contributed by atoms with Crippen LogP contribution in [-0.4, -0.2) is 56.5 Å². The van der Waals surface area contributed by atoms with Gasteiger partial charge in [0.1, 0.15) is 0 Å². The summed E-state index contributed by atoms with van der Waals surface area (Å²) in [7, 11) is -3.31. The third kappa shape index (κ3) is 8.54. The molecule has 0 fully saturated rings. The molecule has 1 unspecified atom stereocenters. The van der Waals surface area contributed by atoms with Gasteiger partial charge in [-0.15, -0.1) is 0 Å². The van der Waals surface area contributed by atoms with Gasteiger partial charge >= 0.3 is 0 Å². The topological polar surface area (TPSA) is 69.6 Å². The van der Waals surface area contributed by atoms with Gasteiger partial charge in [0.2, 0.25) is 10.0 Å². The summed E-state index contributed by atoms with van der Waals surface area (Å²) in [5.41, 5.74) is 0. The second kappa shape index (κ2) is 8.85. The van der Waals surface area contributed by atoms with Crippen molar-refractivity contribution in [3.63, 3.8) is 0 Å². The summed E-state index contributed by atoms with van der Waals surface area (Å²) in [5.74, 6) is -0.215. The molecule has 1 atom stereocenters. The average molecular weight is 266 g/mol. The summed E-state index contributed by atoms with van der Waals surface area (Å²) in [6, 6.07) is -0.0675. The van der Waals surface area contributed by atoms with Crippen molar-refractivity contribution in [1.29, 1.82) is 0 Å². The summed E-state index contributed by atoms with van der Waals surface area (Å²) < 4.78 is 25.3. The Morgan fingerprint density at radius 3 is 2.35 bits per heavy atom. The second-order valence-corrected chi connectivity index (χ2v) is 6.10. The van der Waals surface area contributed by atoms with E-state index in [-0.39, 0.29) is 18.4 Å². The molecule has 0 aliphatic heterocycles. The molecular weight excluding hydrogens is 240 g/mol. The summed E-state index contributed by atoms with van der Waals surface area (Å²) in [5, 5.41) is 8.60. The Bertz CT molecular complexity index is 276. The first-order valence-corrected chi connectivity index (χ1v) is 7.93. The van der Waals surface area contributed by atoms with Crippen molar-refractivity contribution < 1.29 is 13.5 Å². The van der Waals surface area contributed by atoms with Gasteiger partial charge in [-0.2, -0.15) is 0 Å². The van der Waals surface area contributed by atoms with Crippen LogP contribution in [-0.2, 0) is 10.0 Å². The van der Waals surface area contributed by atoms with Crippen LogP contribution in [0.15, 0.2) is 0 Å². The predicted octanol–water partition coefficient (Wildman–Crippen LogP) is 0.409. The highest BCUT2D eigenvalue weighted by Crippen LogP contribution is 2.01. The van der Waals surface area contributed by atoms with Crippen molar-refractivity contribution in [2.24, 2.45) is 0 Å². The molecule has 17 heavy (non-hydrogen) atoms. The summed E-state index contributed by atoms with van der Waals surface area (Å²) in [4.78, 5) is 2.31. The summed E-state index contributed by atoms with van der Waals surface area (Å²) in [6.45, 7) is 8.83. The Morgan fingerprint density at radius 2 is 1.88 bits per heavy atom. The standard InChI is InChI=1S/C11H26N2O3S/c1-4-13(5-2)8-6-7-11(3)12-17(15,16)10-9-14/h11-12,14H,4-10H2,1-3H3. The minimum atomic E-state index is -3.31. The average Bonchev–Trinajstić information content (AvgIpc) is 2.23. The van der Waals surface area contributed by atoms with Crippen molar-refractivity contribution in [2.75, 3.05) is 32.0 Å². The van der Waals surface area contributed by atoms with Crippen molar-refractivity contribution in [2.45, 2.75) is 39.7 Å². The van der Waals surface area contributed by atoms with Gasteiger partial charge < -0.3 is 10.0 Å². The normalized spacial score (nSPS) is 14.2. The molecule has 0 rings (SSSR count). The number of hydrogen-bond donors (Lipinski definition) is 2. The third-order valence-corrected chi connectivity index (χ3v) is 4.23. The number of nitrogens with zero attached hydrogens (tertiary/aromatic N) is 1. The molecule has 104 valence electrons. The van der Waals surface area contributed by atoms with Gasteiger partial charge in [-0.25, -0.2) is 13.1 Å². The van der Waals surface area contributed by atoms with Gasteiger partial charge in [-0.3, -0.25) is 0 Å². The highest BCUT2D eigenvalue weighted by atomic mass is 32.2. The first kappa shape index (κ1) is 16.8. The van der Waals surface area contributed by atoms with E-state index in [1.54, 1.807) is 0 Å². The highest BCUT2D eigenvalue weighted by molar-refractivity contribution is 7.89. The molecular formula is C11H26N2O3S. The molecule has 0 aliphatic carbocycles. The Kier molecular flexibility index (Phi) is 8.77. The van der Waals surface area contributed by atoms with E-state index >= 15 is 0 Å². The van der Waals surface area contributed by atoms with Crippen LogP contribution in [0, 0.1) is 0 Å². The zero-order valence-corrected chi connectivity index (χ0v) is 12.0. The van der Waals surface area contributed by atoms with Crippen LogP contribution in [0.3, 0.4) is 0 Å². The Labute approximate surface area is 105 Å². The highest BCUT2D eigenvalue weighted by Gasteiger charge is 2.13. The molecule has 0 spiro atoms. The smallest absolute Gasteiger partial charge is 0.214 e. The summed E-state index contributed by atoms with van der Waals surface area (Å²) in [6.07, 6.45) is 1.80. The first-order chi connectivity index (χ1) is 7.95. The van der Waals surface area contributed by atoms with Crippen LogP contribution in [0.5, 0.6) is 0 Å². The number of aliphatic hydroxyl groups is 1. The van der Waals surface area contributed by atoms with Crippen molar-refractivity contribution in [3.8, 4) is 0 Å². The van der Waals surface area contributed by atoms with Gasteiger partial charge in [-0.05, 0) is 39.4 Å². The van der Waals surface area contributed by atoms with Crippen molar-refractivity contribution in [3.05, 3.63) is 0 Å². The number of nitrogens with one attached hydrogen (secondary N) is 1. The van der Waals surface area contributed by atoms with Gasteiger partial charge in [-0.1, -0.05) is 13.8 Å². The second-order valence-electron chi connectivity index (χ2n) is 4.23. The molecule has 0 aliphatic rings. The minimum absolute atomic E-state index is 0.0675. The predicted molar refractivity (Wildman–Crippen MR) is 70.5 cm³/mol. The van der Waals surface area contributed by atoms with Crippen LogP contribution < -0.4 is 4.72 Å². The molecule has 0 aromatic rings. The maximum atomic E-state index is 11.4. The molecule has 0 saturated carbocycles. The molecule has 0 saturated heterocycles. The lowest BCUT2D eigenvalue weighted by Gasteiger charge is -2.19. The van der Waals surface area contributed by atoms with E-state index in [0.717, 1.165) is 32.5 Å². The van der Waals surface area contributed by atoms with Gasteiger partial charge in [0.15, 0.2) is 0 Å². The monoisotopic (exact) mass is 266 g/mol. The van der Waals surface area contributed by atoms with Gasteiger partial charge in [0, 0.05) is 6.04 Å².